The predicted molar refractivity (Wildman–Crippen MR) is 67.8 cm³/mol. The first kappa shape index (κ1) is 10.4. The van der Waals surface area contributed by atoms with E-state index < -0.39 is 0 Å². The van der Waals surface area contributed by atoms with E-state index in [9.17, 15) is 0 Å². The lowest BCUT2D eigenvalue weighted by molar-refractivity contribution is 0.701. The van der Waals surface area contributed by atoms with Crippen LogP contribution in [0.15, 0.2) is 0 Å². The molecule has 1 N–H and O–H groups in total. The molecule has 0 radical (unpaired) electrons. The molecule has 1 aromatic heterocycles. The number of aromatic nitrogens is 2. The van der Waals surface area contributed by atoms with Crippen molar-refractivity contribution < 1.29 is 0 Å². The Hall–Kier alpha value is -0.770. The minimum Gasteiger partial charge on any atom is -0.370 e. The summed E-state index contributed by atoms with van der Waals surface area (Å²) in [6.45, 7) is 5.33. The number of thioether (sulfide) groups is 1. The molecule has 3 rings (SSSR count). The molecule has 0 aromatic carbocycles. The zero-order chi connectivity index (χ0) is 11.2. The van der Waals surface area contributed by atoms with Crippen LogP contribution in [0.2, 0.25) is 0 Å². The molecule has 0 unspecified atom stereocenters. The van der Waals surface area contributed by atoms with Gasteiger partial charge in [0, 0.05) is 29.0 Å². The quantitative estimate of drug-likeness (QED) is 0.874. The molecule has 1 aliphatic carbocycles. The van der Waals surface area contributed by atoms with Crippen molar-refractivity contribution in [2.45, 2.75) is 43.6 Å². The van der Waals surface area contributed by atoms with E-state index in [0.717, 1.165) is 29.7 Å². The van der Waals surface area contributed by atoms with Crippen molar-refractivity contribution in [2.24, 2.45) is 0 Å². The third kappa shape index (κ3) is 1.59. The molecule has 1 fully saturated rings. The van der Waals surface area contributed by atoms with Crippen LogP contribution in [0.1, 0.15) is 43.8 Å². The lowest BCUT2D eigenvalue weighted by atomic mass is 10.1. The Morgan fingerprint density at radius 2 is 2.12 bits per heavy atom. The average Bonchev–Trinajstić information content (AvgIpc) is 2.85. The summed E-state index contributed by atoms with van der Waals surface area (Å²) >= 11 is 1.94. The first-order valence-electron chi connectivity index (χ1n) is 5.95. The van der Waals surface area contributed by atoms with E-state index in [1.807, 2.05) is 11.8 Å². The van der Waals surface area contributed by atoms with E-state index in [-0.39, 0.29) is 5.41 Å². The van der Waals surface area contributed by atoms with Crippen LogP contribution in [-0.4, -0.2) is 16.5 Å². The zero-order valence-corrected chi connectivity index (χ0v) is 10.7. The highest BCUT2D eigenvalue weighted by atomic mass is 32.2. The van der Waals surface area contributed by atoms with Gasteiger partial charge in [-0.2, -0.15) is 11.8 Å². The second-order valence-corrected chi connectivity index (χ2v) is 5.89. The van der Waals surface area contributed by atoms with Crippen molar-refractivity contribution in [2.75, 3.05) is 11.9 Å². The molecular weight excluding hydrogens is 218 g/mol. The number of nitrogens with zero attached hydrogens (tertiary/aromatic N) is 2. The highest BCUT2D eigenvalue weighted by Gasteiger charge is 2.43. The van der Waals surface area contributed by atoms with Gasteiger partial charge in [-0.1, -0.05) is 6.92 Å². The van der Waals surface area contributed by atoms with Gasteiger partial charge in [0.25, 0.3) is 0 Å². The monoisotopic (exact) mass is 235 g/mol. The van der Waals surface area contributed by atoms with E-state index in [0.29, 0.717) is 0 Å². The third-order valence-corrected chi connectivity index (χ3v) is 4.43. The molecule has 1 saturated carbocycles. The van der Waals surface area contributed by atoms with Gasteiger partial charge < -0.3 is 5.32 Å². The normalized spacial score (nSPS) is 20.6. The maximum absolute atomic E-state index is 4.76. The Morgan fingerprint density at radius 1 is 1.31 bits per heavy atom. The summed E-state index contributed by atoms with van der Waals surface area (Å²) in [5.41, 5.74) is 2.87. The molecule has 0 spiro atoms. The van der Waals surface area contributed by atoms with E-state index in [1.54, 1.807) is 0 Å². The third-order valence-electron chi connectivity index (χ3n) is 3.46. The summed E-state index contributed by atoms with van der Waals surface area (Å²) in [5.74, 6) is 4.26. The minimum absolute atomic E-state index is 0.270. The van der Waals surface area contributed by atoms with Crippen molar-refractivity contribution >= 4 is 17.6 Å². The predicted octanol–water partition coefficient (Wildman–Crippen LogP) is 2.71. The molecule has 2 heterocycles. The second kappa shape index (κ2) is 3.62. The van der Waals surface area contributed by atoms with Crippen LogP contribution in [0.25, 0.3) is 0 Å². The first-order chi connectivity index (χ1) is 7.73. The van der Waals surface area contributed by atoms with Gasteiger partial charge in [-0.05, 0) is 19.8 Å². The average molecular weight is 235 g/mol. The van der Waals surface area contributed by atoms with Crippen molar-refractivity contribution in [1.82, 2.24) is 9.97 Å². The van der Waals surface area contributed by atoms with Crippen LogP contribution in [0.3, 0.4) is 0 Å². The molecular formula is C12H17N3S. The highest BCUT2D eigenvalue weighted by Crippen LogP contribution is 2.47. The van der Waals surface area contributed by atoms with Crippen molar-refractivity contribution in [1.29, 1.82) is 0 Å². The van der Waals surface area contributed by atoms with Crippen molar-refractivity contribution in [3.8, 4) is 0 Å². The Labute approximate surface area is 100 Å². The van der Waals surface area contributed by atoms with Gasteiger partial charge in [0.1, 0.15) is 11.6 Å². The van der Waals surface area contributed by atoms with Gasteiger partial charge in [0.2, 0.25) is 0 Å². The molecule has 1 aromatic rings. The molecule has 1 aliphatic heterocycles. The molecule has 2 aliphatic rings. The standard InChI is InChI=1S/C12H17N3S/c1-3-13-10-8-6-16-7-9(8)14-11(15-10)12(2)4-5-12/h3-7H2,1-2H3,(H,13,14,15). The highest BCUT2D eigenvalue weighted by molar-refractivity contribution is 7.98. The molecule has 0 bridgehead atoms. The van der Waals surface area contributed by atoms with Crippen LogP contribution in [-0.2, 0) is 16.9 Å². The fourth-order valence-electron chi connectivity index (χ4n) is 2.05. The van der Waals surface area contributed by atoms with Crippen LogP contribution in [0.5, 0.6) is 0 Å². The SMILES string of the molecule is CCNc1nc(C2(C)CC2)nc2c1CSC2. The Kier molecular flexibility index (Phi) is 2.35. The number of rotatable bonds is 3. The Balaban J connectivity index is 2.05. The van der Waals surface area contributed by atoms with Gasteiger partial charge in [-0.3, -0.25) is 0 Å². The van der Waals surface area contributed by atoms with Gasteiger partial charge in [0.05, 0.1) is 5.69 Å². The summed E-state index contributed by atoms with van der Waals surface area (Å²) in [7, 11) is 0. The summed E-state index contributed by atoms with van der Waals surface area (Å²) < 4.78 is 0. The number of hydrogen-bond donors (Lipinski definition) is 1. The summed E-state index contributed by atoms with van der Waals surface area (Å²) in [5, 5.41) is 3.38. The van der Waals surface area contributed by atoms with E-state index in [2.05, 4.69) is 19.2 Å². The van der Waals surface area contributed by atoms with Crippen molar-refractivity contribution in [3.63, 3.8) is 0 Å². The molecule has 86 valence electrons. The van der Waals surface area contributed by atoms with Crippen LogP contribution in [0.4, 0.5) is 5.82 Å². The molecule has 0 atom stereocenters. The second-order valence-electron chi connectivity index (χ2n) is 4.90. The molecule has 4 heteroatoms. The van der Waals surface area contributed by atoms with Gasteiger partial charge in [-0.25, -0.2) is 9.97 Å². The lowest BCUT2D eigenvalue weighted by Gasteiger charge is -2.13. The summed E-state index contributed by atoms with van der Waals surface area (Å²) in [6, 6.07) is 0. The fraction of sp³-hybridized carbons (Fsp3) is 0.667. The van der Waals surface area contributed by atoms with Gasteiger partial charge >= 0.3 is 0 Å². The summed E-state index contributed by atoms with van der Waals surface area (Å²) in [6.07, 6.45) is 2.48. The maximum atomic E-state index is 4.76. The van der Waals surface area contributed by atoms with Crippen molar-refractivity contribution in [3.05, 3.63) is 17.1 Å². The van der Waals surface area contributed by atoms with Crippen LogP contribution < -0.4 is 5.32 Å². The smallest absolute Gasteiger partial charge is 0.136 e. The number of hydrogen-bond acceptors (Lipinski definition) is 4. The van der Waals surface area contributed by atoms with Crippen LogP contribution in [0, 0.1) is 0 Å². The first-order valence-corrected chi connectivity index (χ1v) is 7.10. The maximum Gasteiger partial charge on any atom is 0.136 e. The minimum atomic E-state index is 0.270. The van der Waals surface area contributed by atoms with Crippen LogP contribution >= 0.6 is 11.8 Å². The van der Waals surface area contributed by atoms with E-state index in [1.165, 1.54) is 24.1 Å². The fourth-order valence-corrected chi connectivity index (χ4v) is 3.09. The molecule has 16 heavy (non-hydrogen) atoms. The topological polar surface area (TPSA) is 37.8 Å². The number of fused-ring (bicyclic) bond motifs is 1. The van der Waals surface area contributed by atoms with E-state index >= 15 is 0 Å². The largest absolute Gasteiger partial charge is 0.370 e. The lowest BCUT2D eigenvalue weighted by Crippen LogP contribution is -2.13. The summed E-state index contributed by atoms with van der Waals surface area (Å²) in [4.78, 5) is 9.49. The van der Waals surface area contributed by atoms with Gasteiger partial charge in [-0.15, -0.1) is 0 Å². The van der Waals surface area contributed by atoms with Gasteiger partial charge in [0.15, 0.2) is 0 Å². The molecule has 0 amide bonds. The Morgan fingerprint density at radius 3 is 2.81 bits per heavy atom. The number of nitrogens with one attached hydrogen (secondary N) is 1. The molecule has 0 saturated heterocycles. The zero-order valence-electron chi connectivity index (χ0n) is 9.84. The number of anilines is 1. The van der Waals surface area contributed by atoms with E-state index in [4.69, 9.17) is 9.97 Å². The Bertz CT molecular complexity index is 427. The molecule has 3 nitrogen and oxygen atoms in total.